The number of aliphatic imine (C=N–C) groups is 1. The van der Waals surface area contributed by atoms with Crippen molar-refractivity contribution >= 4 is 23.8 Å². The first kappa shape index (κ1) is 26.6. The fraction of sp³-hybridized carbons (Fsp3) is 0.276. The van der Waals surface area contributed by atoms with Crippen LogP contribution in [0.2, 0.25) is 0 Å². The van der Waals surface area contributed by atoms with Gasteiger partial charge in [-0.15, -0.1) is 0 Å². The minimum absolute atomic E-state index is 0.220. The highest BCUT2D eigenvalue weighted by Gasteiger charge is 2.09. The van der Waals surface area contributed by atoms with E-state index >= 15 is 0 Å². The summed E-state index contributed by atoms with van der Waals surface area (Å²) in [5.74, 6) is 0.336. The lowest BCUT2D eigenvalue weighted by Gasteiger charge is -2.07. The van der Waals surface area contributed by atoms with Crippen LogP contribution < -0.4 is 9.47 Å². The van der Waals surface area contributed by atoms with E-state index < -0.39 is 11.9 Å². The number of nitrogens with zero attached hydrogens (tertiary/aromatic N) is 1. The van der Waals surface area contributed by atoms with Crippen molar-refractivity contribution in [3.05, 3.63) is 89.5 Å². The molecule has 0 fully saturated rings. The topological polar surface area (TPSA) is 83.4 Å². The van der Waals surface area contributed by atoms with Crippen LogP contribution in [0.5, 0.6) is 11.5 Å². The second-order valence-corrected chi connectivity index (χ2v) is 7.82. The van der Waals surface area contributed by atoms with Gasteiger partial charge in [-0.1, -0.05) is 13.3 Å². The van der Waals surface area contributed by atoms with E-state index in [2.05, 4.69) is 11.9 Å². The SMILES string of the molecule is CCCCOc1ccc(C(=O)Oc2ccc(C=Nc3ccc(C(=O)OCCOCC)cc3)cc2)cc1. The van der Waals surface area contributed by atoms with Gasteiger partial charge < -0.3 is 18.9 Å². The summed E-state index contributed by atoms with van der Waals surface area (Å²) in [6.07, 6.45) is 3.75. The quantitative estimate of drug-likeness (QED) is 0.126. The Hall–Kier alpha value is -3.97. The molecule has 0 aliphatic carbocycles. The number of hydrogen-bond acceptors (Lipinski definition) is 7. The first-order valence-corrected chi connectivity index (χ1v) is 12.0. The third-order valence-corrected chi connectivity index (χ3v) is 5.08. The second kappa shape index (κ2) is 14.4. The molecule has 0 spiro atoms. The van der Waals surface area contributed by atoms with Crippen molar-refractivity contribution in [3.8, 4) is 11.5 Å². The maximum Gasteiger partial charge on any atom is 0.343 e. The summed E-state index contributed by atoms with van der Waals surface area (Å²) in [4.78, 5) is 28.8. The van der Waals surface area contributed by atoms with Crippen molar-refractivity contribution < 1.29 is 28.5 Å². The predicted octanol–water partition coefficient (Wildman–Crippen LogP) is 6.03. The van der Waals surface area contributed by atoms with Crippen LogP contribution in [0.4, 0.5) is 5.69 Å². The molecule has 0 saturated heterocycles. The number of ether oxygens (including phenoxy) is 4. The highest BCUT2D eigenvalue weighted by molar-refractivity contribution is 5.91. The van der Waals surface area contributed by atoms with Crippen LogP contribution in [-0.4, -0.2) is 44.6 Å². The lowest BCUT2D eigenvalue weighted by Crippen LogP contribution is -2.10. The standard InChI is InChI=1S/C29H31NO6/c1-3-5-18-34-26-16-10-24(11-17-26)29(32)36-27-14-6-22(7-15-27)21-30-25-12-8-23(9-13-25)28(31)35-20-19-33-4-2/h6-17,21H,3-5,18-20H2,1-2H3. The van der Waals surface area contributed by atoms with E-state index in [1.54, 1.807) is 79.0 Å². The van der Waals surface area contributed by atoms with Crippen LogP contribution >= 0.6 is 0 Å². The Balaban J connectivity index is 1.49. The molecule has 188 valence electrons. The Kier molecular flexibility index (Phi) is 10.7. The minimum atomic E-state index is -0.437. The van der Waals surface area contributed by atoms with Gasteiger partial charge in [0, 0.05) is 12.8 Å². The predicted molar refractivity (Wildman–Crippen MR) is 139 cm³/mol. The van der Waals surface area contributed by atoms with Crippen molar-refractivity contribution in [2.45, 2.75) is 26.7 Å². The zero-order valence-corrected chi connectivity index (χ0v) is 20.6. The van der Waals surface area contributed by atoms with E-state index in [9.17, 15) is 9.59 Å². The summed E-state index contributed by atoms with van der Waals surface area (Å²) in [6.45, 7) is 5.83. The molecule has 0 aromatic heterocycles. The third kappa shape index (κ3) is 8.67. The zero-order valence-electron chi connectivity index (χ0n) is 20.6. The molecule has 0 unspecified atom stereocenters. The zero-order chi connectivity index (χ0) is 25.6. The fourth-order valence-corrected chi connectivity index (χ4v) is 3.06. The van der Waals surface area contributed by atoms with Crippen LogP contribution in [0.25, 0.3) is 0 Å². The van der Waals surface area contributed by atoms with Gasteiger partial charge in [0.05, 0.1) is 30.0 Å². The van der Waals surface area contributed by atoms with Crippen molar-refractivity contribution in [1.29, 1.82) is 0 Å². The maximum atomic E-state index is 12.4. The van der Waals surface area contributed by atoms with E-state index in [4.69, 9.17) is 18.9 Å². The number of carbonyl (C=O) groups is 2. The van der Waals surface area contributed by atoms with Gasteiger partial charge in [0.1, 0.15) is 18.1 Å². The smallest absolute Gasteiger partial charge is 0.343 e. The molecule has 7 nitrogen and oxygen atoms in total. The van der Waals surface area contributed by atoms with E-state index in [0.717, 1.165) is 24.2 Å². The van der Waals surface area contributed by atoms with Crippen molar-refractivity contribution in [1.82, 2.24) is 0 Å². The molecular weight excluding hydrogens is 458 g/mol. The Morgan fingerprint density at radius 3 is 2.06 bits per heavy atom. The maximum absolute atomic E-state index is 12.4. The molecule has 0 heterocycles. The van der Waals surface area contributed by atoms with Gasteiger partial charge in [-0.3, -0.25) is 4.99 Å². The van der Waals surface area contributed by atoms with Crippen molar-refractivity contribution in [2.75, 3.05) is 26.4 Å². The lowest BCUT2D eigenvalue weighted by molar-refractivity contribution is 0.0335. The van der Waals surface area contributed by atoms with Crippen LogP contribution in [0.3, 0.4) is 0 Å². The van der Waals surface area contributed by atoms with Crippen LogP contribution in [0.15, 0.2) is 77.8 Å². The number of esters is 2. The fourth-order valence-electron chi connectivity index (χ4n) is 3.06. The summed E-state index contributed by atoms with van der Waals surface area (Å²) in [5.41, 5.74) is 2.43. The molecule has 0 aliphatic rings. The average Bonchev–Trinajstić information content (AvgIpc) is 2.91. The van der Waals surface area contributed by atoms with Crippen LogP contribution in [0, 0.1) is 0 Å². The number of rotatable bonds is 13. The largest absolute Gasteiger partial charge is 0.494 e. The highest BCUT2D eigenvalue weighted by atomic mass is 16.6. The van der Waals surface area contributed by atoms with Gasteiger partial charge >= 0.3 is 11.9 Å². The summed E-state index contributed by atoms with van der Waals surface area (Å²) in [7, 11) is 0. The van der Waals surface area contributed by atoms with Gasteiger partial charge in [-0.05, 0) is 91.7 Å². The first-order chi connectivity index (χ1) is 17.6. The van der Waals surface area contributed by atoms with Gasteiger partial charge in [-0.2, -0.15) is 0 Å². The number of carbonyl (C=O) groups excluding carboxylic acids is 2. The summed E-state index contributed by atoms with van der Waals surface area (Å²) in [5, 5.41) is 0. The molecule has 0 saturated carbocycles. The molecule has 3 aromatic rings. The molecule has 3 aromatic carbocycles. The van der Waals surface area contributed by atoms with Gasteiger partial charge in [0.2, 0.25) is 0 Å². The lowest BCUT2D eigenvalue weighted by atomic mass is 10.2. The first-order valence-electron chi connectivity index (χ1n) is 12.0. The highest BCUT2D eigenvalue weighted by Crippen LogP contribution is 2.18. The molecule has 0 bridgehead atoms. The molecule has 0 aliphatic heterocycles. The normalized spacial score (nSPS) is 10.8. The van der Waals surface area contributed by atoms with Gasteiger partial charge in [0.25, 0.3) is 0 Å². The molecule has 7 heteroatoms. The Labute approximate surface area is 211 Å². The minimum Gasteiger partial charge on any atom is -0.494 e. The third-order valence-electron chi connectivity index (χ3n) is 5.08. The Bertz CT molecular complexity index is 1120. The van der Waals surface area contributed by atoms with E-state index in [-0.39, 0.29) is 6.61 Å². The molecule has 0 radical (unpaired) electrons. The second-order valence-electron chi connectivity index (χ2n) is 7.82. The summed E-state index contributed by atoms with van der Waals surface area (Å²) >= 11 is 0. The van der Waals surface area contributed by atoms with Crippen LogP contribution in [-0.2, 0) is 9.47 Å². The van der Waals surface area contributed by atoms with Crippen molar-refractivity contribution in [2.24, 2.45) is 4.99 Å². The molecule has 0 atom stereocenters. The van der Waals surface area contributed by atoms with Crippen LogP contribution in [0.1, 0.15) is 53.0 Å². The molecular formula is C29H31NO6. The van der Waals surface area contributed by atoms with Gasteiger partial charge in [-0.25, -0.2) is 9.59 Å². The monoisotopic (exact) mass is 489 g/mol. The van der Waals surface area contributed by atoms with E-state index in [1.165, 1.54) is 0 Å². The average molecular weight is 490 g/mol. The summed E-state index contributed by atoms with van der Waals surface area (Å²) in [6, 6.07) is 20.8. The van der Waals surface area contributed by atoms with E-state index in [1.807, 2.05) is 6.92 Å². The number of benzene rings is 3. The molecule has 0 amide bonds. The molecule has 3 rings (SSSR count). The van der Waals surface area contributed by atoms with Gasteiger partial charge in [0.15, 0.2) is 0 Å². The number of hydrogen-bond donors (Lipinski definition) is 0. The Morgan fingerprint density at radius 1 is 0.750 bits per heavy atom. The van der Waals surface area contributed by atoms with Crippen molar-refractivity contribution in [3.63, 3.8) is 0 Å². The molecule has 0 N–H and O–H groups in total. The Morgan fingerprint density at radius 2 is 1.39 bits per heavy atom. The summed E-state index contributed by atoms with van der Waals surface area (Å²) < 4.78 is 21.4. The number of unbranched alkanes of at least 4 members (excludes halogenated alkanes) is 1. The molecule has 36 heavy (non-hydrogen) atoms. The van der Waals surface area contributed by atoms with E-state index in [0.29, 0.717) is 42.4 Å².